The molecule has 1 amide bonds. The number of benzene rings is 1. The highest BCUT2D eigenvalue weighted by Gasteiger charge is 2.22. The number of hydrogen-bond donors (Lipinski definition) is 1. The maximum atomic E-state index is 12.3. The predicted molar refractivity (Wildman–Crippen MR) is 90.3 cm³/mol. The molecular formula is C17H25BrN2O. The third-order valence-corrected chi connectivity index (χ3v) is 4.78. The molecule has 1 aliphatic rings. The van der Waals surface area contributed by atoms with Gasteiger partial charge in [0.05, 0.1) is 0 Å². The maximum absolute atomic E-state index is 12.3. The minimum absolute atomic E-state index is 0.307. The summed E-state index contributed by atoms with van der Waals surface area (Å²) in [4.78, 5) is 14.3. The number of nitrogens with zero attached hydrogens (tertiary/aromatic N) is 1. The summed E-state index contributed by atoms with van der Waals surface area (Å²) < 4.78 is 1.08. The number of piperidine rings is 1. The van der Waals surface area contributed by atoms with E-state index in [-0.39, 0.29) is 0 Å². The van der Waals surface area contributed by atoms with Crippen LogP contribution in [0, 0.1) is 5.92 Å². The largest absolute Gasteiger partial charge is 0.343 e. The van der Waals surface area contributed by atoms with Gasteiger partial charge in [0.15, 0.2) is 0 Å². The van der Waals surface area contributed by atoms with E-state index in [0.29, 0.717) is 12.3 Å². The molecule has 3 nitrogen and oxygen atoms in total. The highest BCUT2D eigenvalue weighted by molar-refractivity contribution is 9.10. The number of rotatable bonds is 6. The van der Waals surface area contributed by atoms with Crippen LogP contribution in [0.3, 0.4) is 0 Å². The van der Waals surface area contributed by atoms with E-state index in [4.69, 9.17) is 0 Å². The summed E-state index contributed by atoms with van der Waals surface area (Å²) >= 11 is 3.47. The molecule has 2 rings (SSSR count). The molecule has 0 radical (unpaired) electrons. The zero-order valence-electron chi connectivity index (χ0n) is 12.8. The van der Waals surface area contributed by atoms with Crippen molar-refractivity contribution < 1.29 is 4.79 Å². The van der Waals surface area contributed by atoms with Crippen LogP contribution in [0.2, 0.25) is 0 Å². The van der Waals surface area contributed by atoms with Gasteiger partial charge in [0.2, 0.25) is 5.91 Å². The van der Waals surface area contributed by atoms with Gasteiger partial charge in [-0.15, -0.1) is 0 Å². The first-order chi connectivity index (χ1) is 10.2. The van der Waals surface area contributed by atoms with E-state index in [1.54, 1.807) is 0 Å². The van der Waals surface area contributed by atoms with Crippen LogP contribution >= 0.6 is 15.9 Å². The van der Waals surface area contributed by atoms with Crippen molar-refractivity contribution in [2.75, 3.05) is 26.7 Å². The van der Waals surface area contributed by atoms with E-state index in [9.17, 15) is 4.79 Å². The van der Waals surface area contributed by atoms with E-state index in [0.717, 1.165) is 49.3 Å². The van der Waals surface area contributed by atoms with Gasteiger partial charge in [-0.2, -0.15) is 0 Å². The second-order valence-electron chi connectivity index (χ2n) is 5.85. The molecule has 1 fully saturated rings. The minimum Gasteiger partial charge on any atom is -0.343 e. The SMILES string of the molecule is CNCCC1CCN(C(=O)CCc2cccc(Br)c2)CC1. The second kappa shape index (κ2) is 8.54. The Morgan fingerprint density at radius 1 is 1.38 bits per heavy atom. The molecule has 1 aliphatic heterocycles. The van der Waals surface area contributed by atoms with Crippen molar-refractivity contribution in [2.24, 2.45) is 5.92 Å². The predicted octanol–water partition coefficient (Wildman–Crippen LogP) is 3.23. The van der Waals surface area contributed by atoms with E-state index in [2.05, 4.69) is 33.4 Å². The van der Waals surface area contributed by atoms with Gasteiger partial charge in [0, 0.05) is 24.0 Å². The number of hydrogen-bond acceptors (Lipinski definition) is 2. The molecule has 1 heterocycles. The Kier molecular flexibility index (Phi) is 6.71. The maximum Gasteiger partial charge on any atom is 0.222 e. The molecule has 1 saturated heterocycles. The lowest BCUT2D eigenvalue weighted by Crippen LogP contribution is -2.39. The number of halogens is 1. The molecule has 1 N–H and O–H groups in total. The van der Waals surface area contributed by atoms with Gasteiger partial charge >= 0.3 is 0 Å². The van der Waals surface area contributed by atoms with Crippen LogP contribution in [0.4, 0.5) is 0 Å². The molecule has 0 aliphatic carbocycles. The van der Waals surface area contributed by atoms with Crippen molar-refractivity contribution in [3.05, 3.63) is 34.3 Å². The lowest BCUT2D eigenvalue weighted by molar-refractivity contribution is -0.132. The summed E-state index contributed by atoms with van der Waals surface area (Å²) in [6.45, 7) is 2.96. The van der Waals surface area contributed by atoms with Gasteiger partial charge in [-0.3, -0.25) is 4.79 Å². The summed E-state index contributed by atoms with van der Waals surface area (Å²) in [5.41, 5.74) is 1.22. The van der Waals surface area contributed by atoms with Crippen molar-refractivity contribution >= 4 is 21.8 Å². The van der Waals surface area contributed by atoms with E-state index in [1.807, 2.05) is 24.1 Å². The molecule has 1 aromatic rings. The van der Waals surface area contributed by atoms with Crippen LogP contribution in [0.5, 0.6) is 0 Å². The molecule has 4 heteroatoms. The van der Waals surface area contributed by atoms with Crippen molar-refractivity contribution in [3.8, 4) is 0 Å². The molecule has 0 saturated carbocycles. The zero-order valence-corrected chi connectivity index (χ0v) is 14.4. The topological polar surface area (TPSA) is 32.3 Å². The third kappa shape index (κ3) is 5.44. The molecule has 1 aromatic carbocycles. The van der Waals surface area contributed by atoms with Crippen LogP contribution in [0.15, 0.2) is 28.7 Å². The average Bonchev–Trinajstić information content (AvgIpc) is 2.51. The summed E-state index contributed by atoms with van der Waals surface area (Å²) in [6, 6.07) is 8.22. The first-order valence-corrected chi connectivity index (χ1v) is 8.65. The van der Waals surface area contributed by atoms with Crippen LogP contribution in [-0.2, 0) is 11.2 Å². The molecule has 0 unspecified atom stereocenters. The van der Waals surface area contributed by atoms with Crippen LogP contribution in [0.25, 0.3) is 0 Å². The van der Waals surface area contributed by atoms with Crippen molar-refractivity contribution in [2.45, 2.75) is 32.1 Å². The first-order valence-electron chi connectivity index (χ1n) is 7.86. The summed E-state index contributed by atoms with van der Waals surface area (Å²) in [5, 5.41) is 3.21. The molecule has 21 heavy (non-hydrogen) atoms. The molecule has 116 valence electrons. The Labute approximate surface area is 136 Å². The van der Waals surface area contributed by atoms with Gasteiger partial charge in [-0.25, -0.2) is 0 Å². The summed E-state index contributed by atoms with van der Waals surface area (Å²) in [6.07, 6.45) is 5.00. The number of aryl methyl sites for hydroxylation is 1. The fourth-order valence-electron chi connectivity index (χ4n) is 2.92. The van der Waals surface area contributed by atoms with Gasteiger partial charge in [-0.05, 0) is 62.9 Å². The van der Waals surface area contributed by atoms with Crippen molar-refractivity contribution in [1.82, 2.24) is 10.2 Å². The summed E-state index contributed by atoms with van der Waals surface area (Å²) in [5.74, 6) is 1.09. The number of carbonyl (C=O) groups is 1. The summed E-state index contributed by atoms with van der Waals surface area (Å²) in [7, 11) is 2.00. The molecule has 0 bridgehead atoms. The lowest BCUT2D eigenvalue weighted by Gasteiger charge is -2.32. The molecule has 0 atom stereocenters. The Morgan fingerprint density at radius 2 is 2.14 bits per heavy atom. The fraction of sp³-hybridized carbons (Fsp3) is 0.588. The molecule has 0 aromatic heterocycles. The van der Waals surface area contributed by atoms with E-state index >= 15 is 0 Å². The Morgan fingerprint density at radius 3 is 2.81 bits per heavy atom. The van der Waals surface area contributed by atoms with Gasteiger partial charge in [-0.1, -0.05) is 28.1 Å². The smallest absolute Gasteiger partial charge is 0.222 e. The Hall–Kier alpha value is -0.870. The van der Waals surface area contributed by atoms with Gasteiger partial charge in [0.25, 0.3) is 0 Å². The highest BCUT2D eigenvalue weighted by atomic mass is 79.9. The van der Waals surface area contributed by atoms with E-state index < -0.39 is 0 Å². The lowest BCUT2D eigenvalue weighted by atomic mass is 9.93. The normalized spacial score (nSPS) is 16.2. The number of carbonyl (C=O) groups excluding carboxylic acids is 1. The number of amides is 1. The molecule has 0 spiro atoms. The van der Waals surface area contributed by atoms with E-state index in [1.165, 1.54) is 12.0 Å². The Bertz CT molecular complexity index is 456. The fourth-order valence-corrected chi connectivity index (χ4v) is 3.37. The third-order valence-electron chi connectivity index (χ3n) is 4.29. The zero-order chi connectivity index (χ0) is 15.1. The van der Waals surface area contributed by atoms with Crippen molar-refractivity contribution in [1.29, 1.82) is 0 Å². The van der Waals surface area contributed by atoms with Gasteiger partial charge in [0.1, 0.15) is 0 Å². The quantitative estimate of drug-likeness (QED) is 0.852. The second-order valence-corrected chi connectivity index (χ2v) is 6.76. The Balaban J connectivity index is 1.72. The number of nitrogens with one attached hydrogen (secondary N) is 1. The first kappa shape index (κ1) is 16.5. The van der Waals surface area contributed by atoms with Crippen molar-refractivity contribution in [3.63, 3.8) is 0 Å². The minimum atomic E-state index is 0.307. The average molecular weight is 353 g/mol. The van der Waals surface area contributed by atoms with Crippen LogP contribution < -0.4 is 5.32 Å². The standard InChI is InChI=1S/C17H25BrN2O/c1-19-10-7-14-8-11-20(12-9-14)17(21)6-5-15-3-2-4-16(18)13-15/h2-4,13-14,19H,5-12H2,1H3. The monoisotopic (exact) mass is 352 g/mol. The highest BCUT2D eigenvalue weighted by Crippen LogP contribution is 2.21. The molecular weight excluding hydrogens is 328 g/mol. The van der Waals surface area contributed by atoms with Crippen LogP contribution in [0.1, 0.15) is 31.2 Å². The van der Waals surface area contributed by atoms with Gasteiger partial charge < -0.3 is 10.2 Å². The number of likely N-dealkylation sites (tertiary alicyclic amines) is 1. The van der Waals surface area contributed by atoms with Crippen LogP contribution in [-0.4, -0.2) is 37.5 Å².